The van der Waals surface area contributed by atoms with Crippen molar-refractivity contribution in [2.24, 2.45) is 0 Å². The molecule has 1 spiro atoms. The second kappa shape index (κ2) is 6.46. The Hall–Kier alpha value is -2.58. The number of rotatable bonds is 3. The van der Waals surface area contributed by atoms with Crippen molar-refractivity contribution in [3.63, 3.8) is 0 Å². The fraction of sp³-hybridized carbons (Fsp3) is 0.429. The van der Waals surface area contributed by atoms with Crippen molar-refractivity contribution in [1.82, 2.24) is 19.6 Å². The summed E-state index contributed by atoms with van der Waals surface area (Å²) in [6, 6.07) is 2.89. The lowest BCUT2D eigenvalue weighted by molar-refractivity contribution is -0.117. The lowest BCUT2D eigenvalue weighted by atomic mass is 9.66. The number of aliphatic hydroxyl groups is 1. The van der Waals surface area contributed by atoms with Crippen molar-refractivity contribution in [3.05, 3.63) is 52.4 Å². The van der Waals surface area contributed by atoms with Gasteiger partial charge in [-0.05, 0) is 39.2 Å². The minimum atomic E-state index is -1.18. The molecule has 5 rings (SSSR count). The number of halogens is 2. The van der Waals surface area contributed by atoms with E-state index in [9.17, 15) is 14.3 Å². The molecule has 9 heteroatoms. The molecule has 3 heterocycles. The highest BCUT2D eigenvalue weighted by molar-refractivity contribution is 6.31. The Morgan fingerprint density at radius 3 is 2.73 bits per heavy atom. The highest BCUT2D eigenvalue weighted by Gasteiger charge is 2.52. The van der Waals surface area contributed by atoms with Gasteiger partial charge in [-0.2, -0.15) is 4.39 Å². The third-order valence-corrected chi connectivity index (χ3v) is 6.56. The van der Waals surface area contributed by atoms with Crippen LogP contribution in [0.1, 0.15) is 62.4 Å². The Morgan fingerprint density at radius 2 is 2.10 bits per heavy atom. The molecule has 2 N–H and O–H groups in total. The monoisotopic (exact) mass is 429 g/mol. The summed E-state index contributed by atoms with van der Waals surface area (Å²) in [5, 5.41) is 17.3. The molecule has 0 unspecified atom stereocenters. The summed E-state index contributed by atoms with van der Waals surface area (Å²) in [6.45, 7) is 3.19. The van der Waals surface area contributed by atoms with E-state index in [0.717, 1.165) is 30.5 Å². The fourth-order valence-corrected chi connectivity index (χ4v) is 5.16. The van der Waals surface area contributed by atoms with E-state index in [1.165, 1.54) is 12.3 Å². The van der Waals surface area contributed by atoms with Crippen molar-refractivity contribution in [2.75, 3.05) is 5.32 Å². The molecule has 0 aromatic carbocycles. The predicted molar refractivity (Wildman–Crippen MR) is 109 cm³/mol. The molecular formula is C21H21ClFN5O2. The van der Waals surface area contributed by atoms with Crippen molar-refractivity contribution < 1.29 is 14.3 Å². The van der Waals surface area contributed by atoms with Gasteiger partial charge in [-0.3, -0.25) is 9.78 Å². The predicted octanol–water partition coefficient (Wildman–Crippen LogP) is 3.69. The number of hydrogen-bond donors (Lipinski definition) is 2. The lowest BCUT2D eigenvalue weighted by Crippen LogP contribution is -2.34. The number of amides is 1. The normalized spacial score (nSPS) is 19.7. The molecule has 0 bridgehead atoms. The van der Waals surface area contributed by atoms with Crippen LogP contribution in [-0.2, 0) is 15.8 Å². The highest BCUT2D eigenvalue weighted by atomic mass is 35.5. The second-order valence-electron chi connectivity index (χ2n) is 8.79. The van der Waals surface area contributed by atoms with Crippen LogP contribution in [0.4, 0.5) is 10.1 Å². The Balaban J connectivity index is 1.48. The van der Waals surface area contributed by atoms with E-state index in [4.69, 9.17) is 11.6 Å². The number of nitrogens with one attached hydrogen (secondary N) is 1. The van der Waals surface area contributed by atoms with E-state index in [1.807, 2.05) is 0 Å². The molecule has 1 amide bonds. The first kappa shape index (κ1) is 19.4. The maximum absolute atomic E-state index is 13.8. The molecular weight excluding hydrogens is 409 g/mol. The van der Waals surface area contributed by atoms with Gasteiger partial charge in [-0.25, -0.2) is 9.50 Å². The van der Waals surface area contributed by atoms with Crippen LogP contribution in [0.25, 0.3) is 5.65 Å². The highest BCUT2D eigenvalue weighted by Crippen LogP contribution is 2.56. The first-order chi connectivity index (χ1) is 14.2. The van der Waals surface area contributed by atoms with Gasteiger partial charge in [-0.1, -0.05) is 18.0 Å². The largest absolute Gasteiger partial charge is 0.384 e. The van der Waals surface area contributed by atoms with Gasteiger partial charge in [0.2, 0.25) is 11.9 Å². The van der Waals surface area contributed by atoms with Gasteiger partial charge in [0.1, 0.15) is 5.60 Å². The minimum Gasteiger partial charge on any atom is -0.384 e. The minimum absolute atomic E-state index is 0.169. The quantitative estimate of drug-likeness (QED) is 0.662. The average Bonchev–Trinajstić information content (AvgIpc) is 3.17. The zero-order valence-electron chi connectivity index (χ0n) is 16.6. The summed E-state index contributed by atoms with van der Waals surface area (Å²) >= 11 is 6.25. The van der Waals surface area contributed by atoms with Crippen molar-refractivity contribution in [2.45, 2.75) is 56.5 Å². The summed E-state index contributed by atoms with van der Waals surface area (Å²) in [7, 11) is 0. The molecule has 3 aromatic rings. The van der Waals surface area contributed by atoms with Crippen LogP contribution in [0.15, 0.2) is 24.5 Å². The number of aromatic nitrogens is 4. The van der Waals surface area contributed by atoms with Gasteiger partial charge in [0.15, 0.2) is 5.65 Å². The van der Waals surface area contributed by atoms with E-state index in [2.05, 4.69) is 20.4 Å². The third kappa shape index (κ3) is 2.89. The third-order valence-electron chi connectivity index (χ3n) is 6.27. The summed E-state index contributed by atoms with van der Waals surface area (Å²) < 4.78 is 15.3. The standard InChI is InChI=1S/C21H21ClFN5O2/c1-20(2,30)17-14(22)6-11(9-25-17)26-19(29)12-8-21(4-3-5-21)18-13(12)10-24-16-7-15(23)27-28(16)18/h6-7,9-10,12,30H,3-5,8H2,1-2H3,(H,26,29)/t12-/m0/s1. The number of nitrogens with zero attached hydrogens (tertiary/aromatic N) is 4. The molecule has 1 atom stereocenters. The van der Waals surface area contributed by atoms with Crippen LogP contribution >= 0.6 is 11.6 Å². The Labute approximate surface area is 177 Å². The van der Waals surface area contributed by atoms with Crippen LogP contribution in [0.5, 0.6) is 0 Å². The van der Waals surface area contributed by atoms with Crippen LogP contribution in [0, 0.1) is 5.95 Å². The maximum Gasteiger partial charge on any atom is 0.235 e. The van der Waals surface area contributed by atoms with Gasteiger partial charge in [0, 0.05) is 23.2 Å². The molecule has 2 aliphatic carbocycles. The zero-order chi connectivity index (χ0) is 21.3. The van der Waals surface area contributed by atoms with Gasteiger partial charge < -0.3 is 10.4 Å². The first-order valence-corrected chi connectivity index (χ1v) is 10.3. The lowest BCUT2D eigenvalue weighted by Gasteiger charge is -2.39. The topological polar surface area (TPSA) is 92.4 Å². The molecule has 0 radical (unpaired) electrons. The number of carbonyl (C=O) groups is 1. The van der Waals surface area contributed by atoms with Crippen LogP contribution in [0.3, 0.4) is 0 Å². The second-order valence-corrected chi connectivity index (χ2v) is 9.20. The summed E-state index contributed by atoms with van der Waals surface area (Å²) in [5.41, 5.74) is 1.58. The first-order valence-electron chi connectivity index (χ1n) is 9.92. The van der Waals surface area contributed by atoms with E-state index < -0.39 is 17.5 Å². The molecule has 30 heavy (non-hydrogen) atoms. The van der Waals surface area contributed by atoms with Gasteiger partial charge in [-0.15, -0.1) is 5.10 Å². The summed E-state index contributed by atoms with van der Waals surface area (Å²) in [5.74, 6) is -1.19. The molecule has 1 saturated carbocycles. The maximum atomic E-state index is 13.8. The summed E-state index contributed by atoms with van der Waals surface area (Å²) in [4.78, 5) is 21.7. The zero-order valence-corrected chi connectivity index (χ0v) is 17.4. The Bertz CT molecular complexity index is 1180. The molecule has 156 valence electrons. The Morgan fingerprint density at radius 1 is 1.33 bits per heavy atom. The van der Waals surface area contributed by atoms with Gasteiger partial charge in [0.25, 0.3) is 0 Å². The average molecular weight is 430 g/mol. The van der Waals surface area contributed by atoms with Crippen molar-refractivity contribution in [1.29, 1.82) is 0 Å². The fourth-order valence-electron chi connectivity index (χ4n) is 4.77. The number of fused-ring (bicyclic) bond motifs is 4. The van der Waals surface area contributed by atoms with Crippen LogP contribution < -0.4 is 5.32 Å². The molecule has 0 aliphatic heterocycles. The molecule has 3 aromatic heterocycles. The van der Waals surface area contributed by atoms with Crippen molar-refractivity contribution >= 4 is 28.8 Å². The van der Waals surface area contributed by atoms with E-state index in [0.29, 0.717) is 23.4 Å². The molecule has 2 aliphatic rings. The smallest absolute Gasteiger partial charge is 0.235 e. The van der Waals surface area contributed by atoms with Crippen LogP contribution in [0.2, 0.25) is 5.02 Å². The number of carbonyl (C=O) groups excluding carboxylic acids is 1. The van der Waals surface area contributed by atoms with E-state index >= 15 is 0 Å². The molecule has 1 fully saturated rings. The molecule has 0 saturated heterocycles. The molecule has 7 nitrogen and oxygen atoms in total. The van der Waals surface area contributed by atoms with Gasteiger partial charge in [0.05, 0.1) is 34.2 Å². The Kier molecular flexibility index (Phi) is 4.17. The number of anilines is 1. The SMILES string of the molecule is CC(C)(O)c1ncc(NC(=O)[C@H]2CC3(CCC3)c3c2cnc2cc(F)nn32)cc1Cl. The van der Waals surface area contributed by atoms with E-state index in [-0.39, 0.29) is 16.3 Å². The van der Waals surface area contributed by atoms with Gasteiger partial charge >= 0.3 is 0 Å². The number of hydrogen-bond acceptors (Lipinski definition) is 5. The summed E-state index contributed by atoms with van der Waals surface area (Å²) in [6.07, 6.45) is 6.75. The van der Waals surface area contributed by atoms with Crippen molar-refractivity contribution in [3.8, 4) is 0 Å². The number of pyridine rings is 1. The van der Waals surface area contributed by atoms with Crippen LogP contribution in [-0.4, -0.2) is 30.6 Å². The van der Waals surface area contributed by atoms with E-state index in [1.54, 1.807) is 30.6 Å².